The lowest BCUT2D eigenvalue weighted by Gasteiger charge is -1.88. The highest BCUT2D eigenvalue weighted by molar-refractivity contribution is 6.08. The maximum atomic E-state index is 4.04. The first-order chi connectivity index (χ1) is 6.27. The Balaban J connectivity index is 3.38. The van der Waals surface area contributed by atoms with Gasteiger partial charge in [-0.25, -0.2) is 0 Å². The molecule has 68 valence electrons. The zero-order chi connectivity index (χ0) is 9.68. The summed E-state index contributed by atoms with van der Waals surface area (Å²) in [6.07, 6.45) is 5.61. The van der Waals surface area contributed by atoms with Crippen LogP contribution in [0.2, 0.25) is 0 Å². The second-order valence-corrected chi connectivity index (χ2v) is 2.67. The molecule has 1 aromatic heterocycles. The average molecular weight is 175 g/mol. The lowest BCUT2D eigenvalue weighted by atomic mass is 10.3. The molecule has 0 amide bonds. The molecule has 1 heterocycles. The Morgan fingerprint density at radius 1 is 1.54 bits per heavy atom. The fourth-order valence-electron chi connectivity index (χ4n) is 0.971. The zero-order valence-corrected chi connectivity index (χ0v) is 8.15. The van der Waals surface area contributed by atoms with Gasteiger partial charge in [-0.1, -0.05) is 6.08 Å². The van der Waals surface area contributed by atoms with E-state index < -0.39 is 0 Å². The van der Waals surface area contributed by atoms with Crippen molar-refractivity contribution in [3.05, 3.63) is 22.8 Å². The molecule has 0 aromatic carbocycles. The van der Waals surface area contributed by atoms with Crippen molar-refractivity contribution in [3.63, 3.8) is 0 Å². The second kappa shape index (κ2) is 4.50. The van der Waals surface area contributed by atoms with Gasteiger partial charge in [-0.3, -0.25) is 4.99 Å². The standard InChI is InChI=1S/C10H13N3/c1-4-9-5-6-12-13-10(9)7-8(2)11-3/h4-7H,1-3H3/b9-4-,10-7+,11-8?. The Labute approximate surface area is 77.5 Å². The van der Waals surface area contributed by atoms with E-state index in [1.54, 1.807) is 13.2 Å². The van der Waals surface area contributed by atoms with Gasteiger partial charge in [0.15, 0.2) is 0 Å². The smallest absolute Gasteiger partial charge is 0.0944 e. The minimum Gasteiger partial charge on any atom is -0.293 e. The molecular formula is C10H13N3. The van der Waals surface area contributed by atoms with Gasteiger partial charge in [-0.05, 0) is 31.2 Å². The summed E-state index contributed by atoms with van der Waals surface area (Å²) < 4.78 is 0. The molecule has 0 aliphatic heterocycles. The molecule has 0 unspecified atom stereocenters. The van der Waals surface area contributed by atoms with Crippen molar-refractivity contribution in [3.8, 4) is 0 Å². The lowest BCUT2D eigenvalue weighted by Crippen LogP contribution is -2.29. The van der Waals surface area contributed by atoms with Gasteiger partial charge in [0.2, 0.25) is 0 Å². The number of aromatic nitrogens is 2. The Bertz CT molecular complexity index is 418. The van der Waals surface area contributed by atoms with E-state index in [9.17, 15) is 0 Å². The molecule has 0 saturated carbocycles. The van der Waals surface area contributed by atoms with Gasteiger partial charge in [0.05, 0.1) is 11.5 Å². The summed E-state index contributed by atoms with van der Waals surface area (Å²) in [4.78, 5) is 4.04. The summed E-state index contributed by atoms with van der Waals surface area (Å²) in [5.74, 6) is 0. The molecule has 13 heavy (non-hydrogen) atoms. The van der Waals surface area contributed by atoms with Crippen molar-refractivity contribution in [1.29, 1.82) is 0 Å². The van der Waals surface area contributed by atoms with E-state index in [4.69, 9.17) is 0 Å². The molecule has 0 aliphatic rings. The van der Waals surface area contributed by atoms with Gasteiger partial charge in [0.25, 0.3) is 0 Å². The SMILES string of the molecule is C/C=c1/ccnn/c1=C/C(C)=NC. The quantitative estimate of drug-likeness (QED) is 0.570. The van der Waals surface area contributed by atoms with Crippen molar-refractivity contribution < 1.29 is 0 Å². The van der Waals surface area contributed by atoms with E-state index in [0.29, 0.717) is 0 Å². The molecule has 3 nitrogen and oxygen atoms in total. The van der Waals surface area contributed by atoms with Gasteiger partial charge in [0.1, 0.15) is 0 Å². The van der Waals surface area contributed by atoms with Crippen LogP contribution in [0.5, 0.6) is 0 Å². The topological polar surface area (TPSA) is 38.1 Å². The minimum atomic E-state index is 0.869. The van der Waals surface area contributed by atoms with Crippen LogP contribution in [0.3, 0.4) is 0 Å². The molecule has 0 aliphatic carbocycles. The number of rotatable bonds is 1. The summed E-state index contributed by atoms with van der Waals surface area (Å²) in [5, 5.41) is 9.79. The molecule has 0 bridgehead atoms. The van der Waals surface area contributed by atoms with E-state index in [1.807, 2.05) is 32.1 Å². The Morgan fingerprint density at radius 2 is 2.31 bits per heavy atom. The third kappa shape index (κ3) is 2.47. The van der Waals surface area contributed by atoms with Gasteiger partial charge < -0.3 is 0 Å². The van der Waals surface area contributed by atoms with Crippen molar-refractivity contribution in [2.45, 2.75) is 13.8 Å². The molecule has 0 radical (unpaired) electrons. The van der Waals surface area contributed by atoms with Crippen molar-refractivity contribution >= 4 is 17.9 Å². The van der Waals surface area contributed by atoms with E-state index in [2.05, 4.69) is 15.2 Å². The highest BCUT2D eigenvalue weighted by Crippen LogP contribution is 1.73. The van der Waals surface area contributed by atoms with Crippen LogP contribution in [0.15, 0.2) is 17.3 Å². The van der Waals surface area contributed by atoms with Crippen LogP contribution < -0.4 is 10.6 Å². The van der Waals surface area contributed by atoms with E-state index in [1.165, 1.54) is 0 Å². The lowest BCUT2D eigenvalue weighted by molar-refractivity contribution is 0.982. The number of hydrogen-bond acceptors (Lipinski definition) is 3. The number of nitrogens with zero attached hydrogens (tertiary/aromatic N) is 3. The highest BCUT2D eigenvalue weighted by Gasteiger charge is 1.86. The zero-order valence-electron chi connectivity index (χ0n) is 8.15. The molecule has 3 heteroatoms. The van der Waals surface area contributed by atoms with Crippen LogP contribution in [-0.4, -0.2) is 23.0 Å². The summed E-state index contributed by atoms with van der Waals surface area (Å²) in [6.45, 7) is 3.92. The fourth-order valence-corrected chi connectivity index (χ4v) is 0.971. The fraction of sp³-hybridized carbons (Fsp3) is 0.300. The Kier molecular flexibility index (Phi) is 3.31. The summed E-state index contributed by atoms with van der Waals surface area (Å²) in [7, 11) is 1.76. The summed E-state index contributed by atoms with van der Waals surface area (Å²) >= 11 is 0. The van der Waals surface area contributed by atoms with Crippen LogP contribution >= 0.6 is 0 Å². The van der Waals surface area contributed by atoms with E-state index in [-0.39, 0.29) is 0 Å². The first kappa shape index (κ1) is 9.58. The number of aliphatic imine (C=N–C) groups is 1. The largest absolute Gasteiger partial charge is 0.293 e. The minimum absolute atomic E-state index is 0.869. The van der Waals surface area contributed by atoms with Gasteiger partial charge >= 0.3 is 0 Å². The highest BCUT2D eigenvalue weighted by atomic mass is 15.1. The molecule has 0 spiro atoms. The second-order valence-electron chi connectivity index (χ2n) is 2.67. The summed E-state index contributed by atoms with van der Waals surface area (Å²) in [6, 6.07) is 1.93. The molecule has 0 saturated heterocycles. The third-order valence-electron chi connectivity index (χ3n) is 1.79. The monoisotopic (exact) mass is 175 g/mol. The molecule has 0 fully saturated rings. The van der Waals surface area contributed by atoms with Crippen LogP contribution in [0.25, 0.3) is 12.2 Å². The predicted molar refractivity (Wildman–Crippen MR) is 54.9 cm³/mol. The predicted octanol–water partition coefficient (Wildman–Crippen LogP) is 0.148. The van der Waals surface area contributed by atoms with Gasteiger partial charge in [-0.15, -0.1) is 0 Å². The molecule has 0 N–H and O–H groups in total. The summed E-state index contributed by atoms with van der Waals surface area (Å²) in [5.41, 5.74) is 0.948. The maximum absolute atomic E-state index is 4.04. The molecule has 1 aromatic rings. The van der Waals surface area contributed by atoms with E-state index in [0.717, 1.165) is 16.3 Å². The van der Waals surface area contributed by atoms with Crippen LogP contribution in [-0.2, 0) is 0 Å². The normalized spacial score (nSPS) is 15.2. The molecule has 0 atom stereocenters. The van der Waals surface area contributed by atoms with Crippen molar-refractivity contribution in [2.24, 2.45) is 4.99 Å². The first-order valence-corrected chi connectivity index (χ1v) is 4.17. The van der Waals surface area contributed by atoms with Crippen LogP contribution in [0, 0.1) is 0 Å². The Morgan fingerprint density at radius 3 is 2.92 bits per heavy atom. The van der Waals surface area contributed by atoms with Gasteiger partial charge in [0, 0.05) is 12.8 Å². The number of hydrogen-bond donors (Lipinski definition) is 0. The maximum Gasteiger partial charge on any atom is 0.0944 e. The van der Waals surface area contributed by atoms with Crippen molar-refractivity contribution in [1.82, 2.24) is 10.2 Å². The van der Waals surface area contributed by atoms with Crippen molar-refractivity contribution in [2.75, 3.05) is 7.05 Å². The van der Waals surface area contributed by atoms with Crippen LogP contribution in [0.4, 0.5) is 0 Å². The van der Waals surface area contributed by atoms with E-state index >= 15 is 0 Å². The first-order valence-electron chi connectivity index (χ1n) is 4.17. The molecule has 1 rings (SSSR count). The third-order valence-corrected chi connectivity index (χ3v) is 1.79. The van der Waals surface area contributed by atoms with Gasteiger partial charge in [-0.2, -0.15) is 10.2 Å². The van der Waals surface area contributed by atoms with Crippen LogP contribution in [0.1, 0.15) is 13.8 Å². The Hall–Kier alpha value is -1.51. The average Bonchev–Trinajstić information content (AvgIpc) is 2.18. The molecular weight excluding hydrogens is 162 g/mol.